The molecule has 1 rings (SSSR count). The molecular formula is C12H21NO4. The number of esters is 1. The lowest BCUT2D eigenvalue weighted by atomic mass is 10.1. The third-order valence-corrected chi connectivity index (χ3v) is 2.95. The average Bonchev–Trinajstić information content (AvgIpc) is 2.87. The number of rotatable bonds is 6. The highest BCUT2D eigenvalue weighted by Gasteiger charge is 2.28. The monoisotopic (exact) mass is 243 g/mol. The molecule has 1 N–H and O–H groups in total. The minimum absolute atomic E-state index is 0.103. The molecule has 5 nitrogen and oxygen atoms in total. The molecule has 98 valence electrons. The van der Waals surface area contributed by atoms with Crippen molar-refractivity contribution in [2.75, 3.05) is 20.3 Å². The molecule has 0 unspecified atom stereocenters. The van der Waals surface area contributed by atoms with Gasteiger partial charge in [0.15, 0.2) is 0 Å². The predicted molar refractivity (Wildman–Crippen MR) is 62.4 cm³/mol. The molecule has 1 saturated heterocycles. The first-order valence-corrected chi connectivity index (χ1v) is 6.15. The van der Waals surface area contributed by atoms with Crippen LogP contribution in [0.5, 0.6) is 0 Å². The molecule has 0 aromatic heterocycles. The van der Waals surface area contributed by atoms with Gasteiger partial charge in [0, 0.05) is 6.61 Å². The lowest BCUT2D eigenvalue weighted by Crippen LogP contribution is -2.44. The van der Waals surface area contributed by atoms with E-state index in [0.717, 1.165) is 19.3 Å². The Balaban J connectivity index is 2.46. The van der Waals surface area contributed by atoms with E-state index in [0.29, 0.717) is 19.6 Å². The molecule has 1 amide bonds. The molecule has 0 saturated carbocycles. The zero-order valence-corrected chi connectivity index (χ0v) is 10.5. The van der Waals surface area contributed by atoms with Gasteiger partial charge in [-0.25, -0.2) is 4.79 Å². The molecule has 1 aliphatic rings. The summed E-state index contributed by atoms with van der Waals surface area (Å²) in [5.74, 6) is -0.594. The Bertz CT molecular complexity index is 261. The van der Waals surface area contributed by atoms with Crippen molar-refractivity contribution >= 4 is 11.9 Å². The van der Waals surface area contributed by atoms with Crippen molar-refractivity contribution in [3.8, 4) is 0 Å². The standard InChI is InChI=1S/C12H21NO4/c1-3-4-5-10(12(15)16-2)13-11(14)9-6-7-17-8-9/h9-10H,3-8H2,1-2H3,(H,13,14)/t9-,10+/m1/s1. The van der Waals surface area contributed by atoms with Crippen molar-refractivity contribution in [2.24, 2.45) is 5.92 Å². The maximum Gasteiger partial charge on any atom is 0.328 e. The number of nitrogens with one attached hydrogen (secondary N) is 1. The molecular weight excluding hydrogens is 222 g/mol. The van der Waals surface area contributed by atoms with E-state index in [1.807, 2.05) is 6.92 Å². The van der Waals surface area contributed by atoms with Gasteiger partial charge >= 0.3 is 5.97 Å². The van der Waals surface area contributed by atoms with Crippen LogP contribution in [0.1, 0.15) is 32.6 Å². The molecule has 0 aliphatic carbocycles. The van der Waals surface area contributed by atoms with Gasteiger partial charge in [-0.05, 0) is 12.8 Å². The van der Waals surface area contributed by atoms with Crippen LogP contribution in [0.3, 0.4) is 0 Å². The highest BCUT2D eigenvalue weighted by molar-refractivity contribution is 5.85. The first kappa shape index (κ1) is 14.0. The number of unbranched alkanes of at least 4 members (excludes halogenated alkanes) is 1. The van der Waals surface area contributed by atoms with Crippen LogP contribution in [0.4, 0.5) is 0 Å². The summed E-state index contributed by atoms with van der Waals surface area (Å²) < 4.78 is 9.84. The summed E-state index contributed by atoms with van der Waals surface area (Å²) in [5.41, 5.74) is 0. The summed E-state index contributed by atoms with van der Waals surface area (Å²) in [4.78, 5) is 23.3. The average molecular weight is 243 g/mol. The van der Waals surface area contributed by atoms with E-state index in [2.05, 4.69) is 10.1 Å². The van der Waals surface area contributed by atoms with Gasteiger partial charge in [0.1, 0.15) is 6.04 Å². The topological polar surface area (TPSA) is 64.6 Å². The van der Waals surface area contributed by atoms with Crippen molar-refractivity contribution in [1.82, 2.24) is 5.32 Å². The fraction of sp³-hybridized carbons (Fsp3) is 0.833. The second-order valence-corrected chi connectivity index (χ2v) is 4.29. The van der Waals surface area contributed by atoms with Crippen molar-refractivity contribution in [3.05, 3.63) is 0 Å². The van der Waals surface area contributed by atoms with Crippen LogP contribution in [0.2, 0.25) is 0 Å². The molecule has 5 heteroatoms. The summed E-state index contributed by atoms with van der Waals surface area (Å²) in [6.07, 6.45) is 3.23. The van der Waals surface area contributed by atoms with E-state index in [9.17, 15) is 9.59 Å². The second-order valence-electron chi connectivity index (χ2n) is 4.29. The summed E-state index contributed by atoms with van der Waals surface area (Å²) >= 11 is 0. The van der Waals surface area contributed by atoms with Crippen molar-refractivity contribution in [3.63, 3.8) is 0 Å². The first-order chi connectivity index (χ1) is 8.19. The number of carbonyl (C=O) groups excluding carboxylic acids is 2. The molecule has 2 atom stereocenters. The van der Waals surface area contributed by atoms with E-state index >= 15 is 0 Å². The number of hydrogen-bond acceptors (Lipinski definition) is 4. The number of ether oxygens (including phenoxy) is 2. The minimum atomic E-state index is -0.520. The Kier molecular flexibility index (Phi) is 5.97. The van der Waals surface area contributed by atoms with E-state index in [-0.39, 0.29) is 17.8 Å². The third kappa shape index (κ3) is 4.34. The quantitative estimate of drug-likeness (QED) is 0.703. The lowest BCUT2D eigenvalue weighted by Gasteiger charge is -2.18. The van der Waals surface area contributed by atoms with Crippen LogP contribution in [0.15, 0.2) is 0 Å². The summed E-state index contributed by atoms with van der Waals surface area (Å²) in [7, 11) is 1.34. The van der Waals surface area contributed by atoms with Gasteiger partial charge in [-0.2, -0.15) is 0 Å². The molecule has 1 fully saturated rings. The summed E-state index contributed by atoms with van der Waals surface area (Å²) in [6, 6.07) is -0.520. The van der Waals surface area contributed by atoms with Gasteiger partial charge in [0.05, 0.1) is 19.6 Å². The van der Waals surface area contributed by atoms with Crippen molar-refractivity contribution in [2.45, 2.75) is 38.6 Å². The van der Waals surface area contributed by atoms with Gasteiger partial charge in [-0.1, -0.05) is 19.8 Å². The molecule has 0 radical (unpaired) electrons. The molecule has 1 heterocycles. The Labute approximate surface area is 102 Å². The van der Waals surface area contributed by atoms with Crippen LogP contribution < -0.4 is 5.32 Å². The fourth-order valence-corrected chi connectivity index (χ4v) is 1.83. The van der Waals surface area contributed by atoms with Gasteiger partial charge < -0.3 is 14.8 Å². The zero-order valence-electron chi connectivity index (χ0n) is 10.5. The lowest BCUT2D eigenvalue weighted by molar-refractivity contribution is -0.145. The number of amides is 1. The first-order valence-electron chi connectivity index (χ1n) is 6.15. The van der Waals surface area contributed by atoms with Crippen LogP contribution >= 0.6 is 0 Å². The normalized spacial score (nSPS) is 20.9. The van der Waals surface area contributed by atoms with Crippen molar-refractivity contribution in [1.29, 1.82) is 0 Å². The summed E-state index contributed by atoms with van der Waals surface area (Å²) in [5, 5.41) is 2.75. The highest BCUT2D eigenvalue weighted by atomic mass is 16.5. The van der Waals surface area contributed by atoms with E-state index < -0.39 is 6.04 Å². The van der Waals surface area contributed by atoms with Gasteiger partial charge in [-0.15, -0.1) is 0 Å². The molecule has 0 bridgehead atoms. The van der Waals surface area contributed by atoms with E-state index in [1.54, 1.807) is 0 Å². The Morgan fingerprint density at radius 3 is 2.82 bits per heavy atom. The van der Waals surface area contributed by atoms with Crippen LogP contribution in [-0.2, 0) is 19.1 Å². The zero-order chi connectivity index (χ0) is 12.7. The third-order valence-electron chi connectivity index (χ3n) is 2.95. The maximum absolute atomic E-state index is 11.8. The van der Waals surface area contributed by atoms with Crippen LogP contribution in [-0.4, -0.2) is 38.2 Å². The van der Waals surface area contributed by atoms with Gasteiger partial charge in [0.2, 0.25) is 5.91 Å². The van der Waals surface area contributed by atoms with Crippen molar-refractivity contribution < 1.29 is 19.1 Å². The Morgan fingerprint density at radius 2 is 2.29 bits per heavy atom. The predicted octanol–water partition coefficient (Wildman–Crippen LogP) is 0.871. The SMILES string of the molecule is CCCC[C@H](NC(=O)[C@@H]1CCOC1)C(=O)OC. The Hall–Kier alpha value is -1.10. The van der Waals surface area contributed by atoms with E-state index in [1.165, 1.54) is 7.11 Å². The Morgan fingerprint density at radius 1 is 1.53 bits per heavy atom. The van der Waals surface area contributed by atoms with Crippen LogP contribution in [0, 0.1) is 5.92 Å². The second kappa shape index (κ2) is 7.27. The molecule has 0 spiro atoms. The molecule has 0 aromatic carbocycles. The largest absolute Gasteiger partial charge is 0.467 e. The maximum atomic E-state index is 11.8. The molecule has 0 aromatic rings. The molecule has 1 aliphatic heterocycles. The fourth-order valence-electron chi connectivity index (χ4n) is 1.83. The number of carbonyl (C=O) groups is 2. The number of hydrogen-bond donors (Lipinski definition) is 1. The van der Waals surface area contributed by atoms with Gasteiger partial charge in [0.25, 0.3) is 0 Å². The number of methoxy groups -OCH3 is 1. The highest BCUT2D eigenvalue weighted by Crippen LogP contribution is 2.13. The smallest absolute Gasteiger partial charge is 0.328 e. The summed E-state index contributed by atoms with van der Waals surface area (Å²) in [6.45, 7) is 3.12. The van der Waals surface area contributed by atoms with Gasteiger partial charge in [-0.3, -0.25) is 4.79 Å². The minimum Gasteiger partial charge on any atom is -0.467 e. The molecule has 17 heavy (non-hydrogen) atoms. The van der Waals surface area contributed by atoms with E-state index in [4.69, 9.17) is 4.74 Å². The van der Waals surface area contributed by atoms with Crippen LogP contribution in [0.25, 0.3) is 0 Å².